The van der Waals surface area contributed by atoms with Gasteiger partial charge >= 0.3 is 0 Å². The van der Waals surface area contributed by atoms with Crippen LogP contribution in [-0.2, 0) is 16.6 Å². The van der Waals surface area contributed by atoms with E-state index in [0.717, 1.165) is 5.69 Å². The summed E-state index contributed by atoms with van der Waals surface area (Å²) in [5.41, 5.74) is 1.54. The minimum atomic E-state index is -3.85. The van der Waals surface area contributed by atoms with Crippen LogP contribution in [0.2, 0.25) is 10.0 Å². The molecule has 0 fully saturated rings. The van der Waals surface area contributed by atoms with Crippen LogP contribution in [0.3, 0.4) is 0 Å². The van der Waals surface area contributed by atoms with Crippen LogP contribution in [0.25, 0.3) is 0 Å². The first-order chi connectivity index (χ1) is 14.4. The van der Waals surface area contributed by atoms with Crippen molar-refractivity contribution in [3.05, 3.63) is 76.0 Å². The minimum Gasteiger partial charge on any atom is -0.486 e. The number of rotatable bonds is 3. The smallest absolute Gasteiger partial charge is 0.244 e. The van der Waals surface area contributed by atoms with E-state index in [1.54, 1.807) is 30.3 Å². The van der Waals surface area contributed by atoms with E-state index in [2.05, 4.69) is 0 Å². The maximum absolute atomic E-state index is 13.7. The molecule has 2 aromatic carbocycles. The van der Waals surface area contributed by atoms with Gasteiger partial charge in [0.05, 0.1) is 10.9 Å². The molecule has 0 amide bonds. The van der Waals surface area contributed by atoms with Crippen molar-refractivity contribution >= 4 is 33.2 Å². The number of fused-ring (bicyclic) bond motifs is 2. The van der Waals surface area contributed by atoms with Gasteiger partial charge in [0.1, 0.15) is 13.2 Å². The molecule has 0 saturated carbocycles. The van der Waals surface area contributed by atoms with E-state index in [0.29, 0.717) is 53.4 Å². The van der Waals surface area contributed by atoms with Crippen molar-refractivity contribution in [2.75, 3.05) is 19.8 Å². The van der Waals surface area contributed by atoms with Gasteiger partial charge in [-0.05, 0) is 42.0 Å². The Bertz CT molecular complexity index is 1230. The fraction of sp³-hybridized carbons (Fsp3) is 0.238. The molecule has 0 bridgehead atoms. The zero-order valence-electron chi connectivity index (χ0n) is 15.8. The molecule has 30 heavy (non-hydrogen) atoms. The van der Waals surface area contributed by atoms with Crippen LogP contribution in [-0.4, -0.2) is 37.0 Å². The van der Waals surface area contributed by atoms with Gasteiger partial charge in [-0.2, -0.15) is 4.31 Å². The zero-order valence-corrected chi connectivity index (χ0v) is 18.1. The predicted molar refractivity (Wildman–Crippen MR) is 114 cm³/mol. The van der Waals surface area contributed by atoms with Crippen molar-refractivity contribution in [3.8, 4) is 11.5 Å². The van der Waals surface area contributed by atoms with Crippen LogP contribution in [0, 0.1) is 0 Å². The molecule has 1 aromatic heterocycles. The molecule has 0 unspecified atom stereocenters. The summed E-state index contributed by atoms with van der Waals surface area (Å²) in [6.45, 7) is 1.69. The zero-order chi connectivity index (χ0) is 20.9. The molecule has 0 saturated heterocycles. The van der Waals surface area contributed by atoms with Gasteiger partial charge in [-0.15, -0.1) is 0 Å². The summed E-state index contributed by atoms with van der Waals surface area (Å²) in [7, 11) is -3.85. The van der Waals surface area contributed by atoms with E-state index in [4.69, 9.17) is 32.7 Å². The van der Waals surface area contributed by atoms with E-state index >= 15 is 0 Å². The lowest BCUT2D eigenvalue weighted by Gasteiger charge is -2.36. The molecule has 3 heterocycles. The Morgan fingerprint density at radius 3 is 2.53 bits per heavy atom. The Balaban J connectivity index is 1.63. The number of hydrogen-bond acceptors (Lipinski definition) is 4. The first-order valence-electron chi connectivity index (χ1n) is 9.46. The van der Waals surface area contributed by atoms with Crippen molar-refractivity contribution in [2.24, 2.45) is 0 Å². The van der Waals surface area contributed by atoms with Crippen LogP contribution >= 0.6 is 23.2 Å². The van der Waals surface area contributed by atoms with E-state index in [1.807, 2.05) is 22.9 Å². The number of hydrogen-bond donors (Lipinski definition) is 0. The lowest BCUT2D eigenvalue weighted by atomic mass is 10.0. The molecule has 5 rings (SSSR count). The average molecular weight is 465 g/mol. The van der Waals surface area contributed by atoms with Crippen LogP contribution < -0.4 is 9.47 Å². The third-order valence-electron chi connectivity index (χ3n) is 5.37. The van der Waals surface area contributed by atoms with Crippen molar-refractivity contribution in [3.63, 3.8) is 0 Å². The number of nitrogens with zero attached hydrogens (tertiary/aromatic N) is 2. The summed E-state index contributed by atoms with van der Waals surface area (Å²) in [5, 5.41) is 0.917. The number of benzene rings is 2. The topological polar surface area (TPSA) is 60.8 Å². The molecule has 2 aliphatic rings. The highest BCUT2D eigenvalue weighted by molar-refractivity contribution is 7.89. The van der Waals surface area contributed by atoms with Crippen molar-refractivity contribution in [1.29, 1.82) is 0 Å². The fourth-order valence-electron chi connectivity index (χ4n) is 3.98. The van der Waals surface area contributed by atoms with Crippen molar-refractivity contribution in [1.82, 2.24) is 8.87 Å². The monoisotopic (exact) mass is 464 g/mol. The molecular weight excluding hydrogens is 447 g/mol. The normalized spacial score (nSPS) is 18.8. The summed E-state index contributed by atoms with van der Waals surface area (Å²) in [6.07, 6.45) is 1.94. The predicted octanol–water partition coefficient (Wildman–Crippen LogP) is 4.36. The summed E-state index contributed by atoms with van der Waals surface area (Å²) < 4.78 is 42.1. The number of aromatic nitrogens is 1. The van der Waals surface area contributed by atoms with E-state index in [9.17, 15) is 8.42 Å². The summed E-state index contributed by atoms with van der Waals surface area (Å²) >= 11 is 12.6. The van der Waals surface area contributed by atoms with Gasteiger partial charge in [0.2, 0.25) is 10.0 Å². The van der Waals surface area contributed by atoms with Gasteiger partial charge in [-0.1, -0.05) is 29.3 Å². The first-order valence-corrected chi connectivity index (χ1v) is 11.7. The largest absolute Gasteiger partial charge is 0.486 e. The third kappa shape index (κ3) is 3.26. The van der Waals surface area contributed by atoms with Crippen molar-refractivity contribution < 1.29 is 17.9 Å². The minimum absolute atomic E-state index is 0.154. The Kier molecular flexibility index (Phi) is 4.94. The van der Waals surface area contributed by atoms with E-state index < -0.39 is 16.1 Å². The Morgan fingerprint density at radius 2 is 1.73 bits per heavy atom. The van der Waals surface area contributed by atoms with E-state index in [-0.39, 0.29) is 4.90 Å². The van der Waals surface area contributed by atoms with Crippen molar-refractivity contribution in [2.45, 2.75) is 17.5 Å². The number of halogens is 2. The molecule has 0 aliphatic carbocycles. The van der Waals surface area contributed by atoms with Gasteiger partial charge < -0.3 is 14.0 Å². The van der Waals surface area contributed by atoms with Crippen LogP contribution in [0.1, 0.15) is 17.3 Å². The summed E-state index contributed by atoms with van der Waals surface area (Å²) in [5.74, 6) is 0.980. The fourth-order valence-corrected chi connectivity index (χ4v) is 6.08. The van der Waals surface area contributed by atoms with Crippen LogP contribution in [0.5, 0.6) is 11.5 Å². The van der Waals surface area contributed by atoms with Gasteiger partial charge in [-0.25, -0.2) is 8.42 Å². The van der Waals surface area contributed by atoms with Gasteiger partial charge in [0.15, 0.2) is 11.5 Å². The molecule has 156 valence electrons. The lowest BCUT2D eigenvalue weighted by Crippen LogP contribution is -2.42. The molecule has 0 N–H and O–H groups in total. The molecule has 1 atom stereocenters. The standard InChI is InChI=1S/C21H18Cl2N2O4S/c22-14-3-5-16(17(23)12-14)21-18-2-1-7-24(18)8-9-25(21)30(26,27)15-4-6-19-20(13-15)29-11-10-28-19/h1-7,12-13,21H,8-11H2/t21-/m0/s1. The summed E-state index contributed by atoms with van der Waals surface area (Å²) in [6, 6.07) is 13.1. The second-order valence-electron chi connectivity index (χ2n) is 7.12. The quantitative estimate of drug-likeness (QED) is 0.577. The molecule has 0 spiro atoms. The Labute approximate surface area is 184 Å². The van der Waals surface area contributed by atoms with Crippen LogP contribution in [0.4, 0.5) is 0 Å². The summed E-state index contributed by atoms with van der Waals surface area (Å²) in [4.78, 5) is 0.154. The number of ether oxygens (including phenoxy) is 2. The maximum Gasteiger partial charge on any atom is 0.244 e. The highest BCUT2D eigenvalue weighted by Gasteiger charge is 2.39. The lowest BCUT2D eigenvalue weighted by molar-refractivity contribution is 0.171. The maximum atomic E-state index is 13.7. The highest BCUT2D eigenvalue weighted by Crippen LogP contribution is 2.41. The van der Waals surface area contributed by atoms with Gasteiger partial charge in [-0.3, -0.25) is 0 Å². The van der Waals surface area contributed by atoms with Gasteiger partial charge in [0, 0.05) is 41.1 Å². The Hall–Kier alpha value is -2.19. The molecular formula is C21H18Cl2N2O4S. The molecule has 0 radical (unpaired) electrons. The average Bonchev–Trinajstić information content (AvgIpc) is 3.22. The molecule has 2 aliphatic heterocycles. The second kappa shape index (κ2) is 7.50. The van der Waals surface area contributed by atoms with E-state index in [1.165, 1.54) is 10.4 Å². The second-order valence-corrected chi connectivity index (χ2v) is 9.85. The van der Waals surface area contributed by atoms with Gasteiger partial charge in [0.25, 0.3) is 0 Å². The highest BCUT2D eigenvalue weighted by atomic mass is 35.5. The third-order valence-corrected chi connectivity index (χ3v) is 7.79. The van der Waals surface area contributed by atoms with Crippen LogP contribution in [0.15, 0.2) is 59.6 Å². The number of sulfonamides is 1. The first kappa shape index (κ1) is 19.8. The Morgan fingerprint density at radius 1 is 0.933 bits per heavy atom. The molecule has 6 nitrogen and oxygen atoms in total. The molecule has 3 aromatic rings. The molecule has 9 heteroatoms. The SMILES string of the molecule is O=S(=O)(c1ccc2c(c1)OCCO2)N1CCn2cccc2[C@@H]1c1ccc(Cl)cc1Cl.